The van der Waals surface area contributed by atoms with Crippen LogP contribution in [0.4, 0.5) is 30.6 Å². The molecule has 1 aromatic heterocycles. The quantitative estimate of drug-likeness (QED) is 0.253. The molecule has 0 amide bonds. The molecule has 0 aliphatic rings. The number of aromatic hydroxyl groups is 1. The van der Waals surface area contributed by atoms with E-state index in [-0.39, 0.29) is 29.1 Å². The number of alkyl halides is 3. The van der Waals surface area contributed by atoms with Gasteiger partial charge < -0.3 is 15.7 Å². The number of phenols is 1. The van der Waals surface area contributed by atoms with Crippen molar-refractivity contribution in [3.8, 4) is 16.9 Å². The molecule has 1 heterocycles. The van der Waals surface area contributed by atoms with Crippen molar-refractivity contribution >= 4 is 40.7 Å². The van der Waals surface area contributed by atoms with E-state index < -0.39 is 11.7 Å². The first-order valence-corrected chi connectivity index (χ1v) is 10.7. The van der Waals surface area contributed by atoms with Gasteiger partial charge in [-0.3, -0.25) is 0 Å². The van der Waals surface area contributed by atoms with Crippen molar-refractivity contribution in [1.29, 1.82) is 0 Å². The first-order chi connectivity index (χ1) is 16.2. The summed E-state index contributed by atoms with van der Waals surface area (Å²) in [7, 11) is 0. The molecule has 0 fully saturated rings. The van der Waals surface area contributed by atoms with Crippen LogP contribution in [0, 0.1) is 0 Å². The zero-order valence-corrected chi connectivity index (χ0v) is 18.9. The second kappa shape index (κ2) is 9.79. The minimum atomic E-state index is -4.63. The van der Waals surface area contributed by atoms with Crippen LogP contribution >= 0.6 is 23.2 Å². The fraction of sp³-hybridized carbons (Fsp3) is 0.0833. The summed E-state index contributed by atoms with van der Waals surface area (Å²) in [6.45, 7) is 0.113. The van der Waals surface area contributed by atoms with Gasteiger partial charge in [0, 0.05) is 18.4 Å². The molecule has 0 atom stereocenters. The van der Waals surface area contributed by atoms with Crippen molar-refractivity contribution in [2.75, 3.05) is 10.6 Å². The minimum Gasteiger partial charge on any atom is -0.508 e. The average Bonchev–Trinajstić information content (AvgIpc) is 2.80. The van der Waals surface area contributed by atoms with Gasteiger partial charge in [-0.05, 0) is 47.0 Å². The Bertz CT molecular complexity index is 1300. The number of anilines is 3. The summed E-state index contributed by atoms with van der Waals surface area (Å²) >= 11 is 11.9. The zero-order chi connectivity index (χ0) is 24.3. The summed E-state index contributed by atoms with van der Waals surface area (Å²) < 4.78 is 40.5. The van der Waals surface area contributed by atoms with Gasteiger partial charge in [0.2, 0.25) is 5.95 Å². The number of rotatable bonds is 6. The lowest BCUT2D eigenvalue weighted by molar-refractivity contribution is -0.137. The number of benzene rings is 3. The predicted octanol–water partition coefficient (Wildman–Crippen LogP) is 7.53. The van der Waals surface area contributed by atoms with E-state index in [0.717, 1.165) is 22.9 Å². The largest absolute Gasteiger partial charge is 0.508 e. The van der Waals surface area contributed by atoms with Gasteiger partial charge in [0.15, 0.2) is 0 Å². The molecule has 0 aliphatic carbocycles. The highest BCUT2D eigenvalue weighted by molar-refractivity contribution is 6.42. The molecule has 0 bridgehead atoms. The molecule has 3 aromatic carbocycles. The van der Waals surface area contributed by atoms with Gasteiger partial charge >= 0.3 is 6.18 Å². The molecular formula is C24H17Cl2F3N4O. The smallest absolute Gasteiger partial charge is 0.421 e. The van der Waals surface area contributed by atoms with Crippen LogP contribution in [0.15, 0.2) is 72.9 Å². The Balaban J connectivity index is 1.53. The molecule has 0 saturated heterocycles. The van der Waals surface area contributed by atoms with Gasteiger partial charge in [-0.25, -0.2) is 4.98 Å². The first-order valence-electron chi connectivity index (χ1n) is 9.97. The van der Waals surface area contributed by atoms with E-state index in [4.69, 9.17) is 23.2 Å². The van der Waals surface area contributed by atoms with Gasteiger partial charge in [0.05, 0.1) is 10.0 Å². The SMILES string of the molecule is Oc1ccc(-c2ccc(CNc3nc(Nc4ccc(Cl)c(Cl)c4)ncc3C(F)(F)F)cc2)cc1. The molecule has 34 heavy (non-hydrogen) atoms. The molecule has 174 valence electrons. The number of nitrogens with one attached hydrogen (secondary N) is 2. The third-order valence-corrected chi connectivity index (χ3v) is 5.62. The third-order valence-electron chi connectivity index (χ3n) is 4.88. The van der Waals surface area contributed by atoms with Gasteiger partial charge in [0.25, 0.3) is 0 Å². The number of halogens is 5. The Morgan fingerprint density at radius 2 is 1.50 bits per heavy atom. The molecule has 0 saturated carbocycles. The molecule has 0 radical (unpaired) electrons. The minimum absolute atomic E-state index is 0.0310. The fourth-order valence-corrected chi connectivity index (χ4v) is 3.44. The number of hydrogen-bond acceptors (Lipinski definition) is 5. The monoisotopic (exact) mass is 504 g/mol. The molecule has 3 N–H and O–H groups in total. The van der Waals surface area contributed by atoms with Crippen molar-refractivity contribution in [1.82, 2.24) is 9.97 Å². The molecule has 10 heteroatoms. The fourth-order valence-electron chi connectivity index (χ4n) is 3.14. The lowest BCUT2D eigenvalue weighted by atomic mass is 10.0. The van der Waals surface area contributed by atoms with Gasteiger partial charge in [0.1, 0.15) is 17.1 Å². The maximum absolute atomic E-state index is 13.5. The van der Waals surface area contributed by atoms with Crippen LogP contribution in [-0.4, -0.2) is 15.1 Å². The molecule has 0 aliphatic heterocycles. The topological polar surface area (TPSA) is 70.1 Å². The predicted molar refractivity (Wildman–Crippen MR) is 128 cm³/mol. The molecule has 0 unspecified atom stereocenters. The highest BCUT2D eigenvalue weighted by Crippen LogP contribution is 2.35. The highest BCUT2D eigenvalue weighted by Gasteiger charge is 2.35. The summed E-state index contributed by atoms with van der Waals surface area (Å²) in [6.07, 6.45) is -3.91. The first kappa shape index (κ1) is 23.7. The Morgan fingerprint density at radius 3 is 2.12 bits per heavy atom. The zero-order valence-electron chi connectivity index (χ0n) is 17.4. The van der Waals surface area contributed by atoms with Gasteiger partial charge in [-0.15, -0.1) is 0 Å². The van der Waals surface area contributed by atoms with Crippen molar-refractivity contribution in [3.63, 3.8) is 0 Å². The van der Waals surface area contributed by atoms with Crippen molar-refractivity contribution < 1.29 is 18.3 Å². The van der Waals surface area contributed by atoms with Crippen molar-refractivity contribution in [2.24, 2.45) is 0 Å². The lowest BCUT2D eigenvalue weighted by Gasteiger charge is -2.15. The van der Waals surface area contributed by atoms with E-state index in [1.54, 1.807) is 48.5 Å². The van der Waals surface area contributed by atoms with Crippen LogP contribution in [0.2, 0.25) is 10.0 Å². The molecule has 0 spiro atoms. The standard InChI is InChI=1S/C24H17Cl2F3N4O/c25-20-10-7-17(11-21(20)26)32-23-31-13-19(24(27,28)29)22(33-23)30-12-14-1-3-15(4-2-14)16-5-8-18(34)9-6-16/h1-11,13,34H,12H2,(H2,30,31,32,33). The lowest BCUT2D eigenvalue weighted by Crippen LogP contribution is -2.14. The molecular weight excluding hydrogens is 488 g/mol. The summed E-state index contributed by atoms with van der Waals surface area (Å²) in [5, 5.41) is 15.6. The van der Waals surface area contributed by atoms with Gasteiger partial charge in [-0.2, -0.15) is 18.2 Å². The number of phenolic OH excluding ortho intramolecular Hbond substituents is 1. The Hall–Kier alpha value is -3.49. The van der Waals surface area contributed by atoms with E-state index in [9.17, 15) is 18.3 Å². The van der Waals surface area contributed by atoms with Gasteiger partial charge in [-0.1, -0.05) is 59.6 Å². The maximum Gasteiger partial charge on any atom is 0.421 e. The van der Waals surface area contributed by atoms with E-state index >= 15 is 0 Å². The second-order valence-electron chi connectivity index (χ2n) is 7.30. The number of nitrogens with zero attached hydrogens (tertiary/aromatic N) is 2. The van der Waals surface area contributed by atoms with Crippen molar-refractivity contribution in [2.45, 2.75) is 12.7 Å². The Kier molecular flexibility index (Phi) is 6.81. The van der Waals surface area contributed by atoms with Crippen LogP contribution in [0.3, 0.4) is 0 Å². The van der Waals surface area contributed by atoms with Crippen LogP contribution in [0.1, 0.15) is 11.1 Å². The summed E-state index contributed by atoms with van der Waals surface area (Å²) in [5.74, 6) is -0.216. The molecule has 5 nitrogen and oxygen atoms in total. The summed E-state index contributed by atoms with van der Waals surface area (Å²) in [5.41, 5.74) is 2.08. The van der Waals surface area contributed by atoms with E-state index in [2.05, 4.69) is 20.6 Å². The second-order valence-corrected chi connectivity index (χ2v) is 8.12. The van der Waals surface area contributed by atoms with Crippen molar-refractivity contribution in [3.05, 3.63) is 94.1 Å². The Labute approximate surface area is 203 Å². The molecule has 4 rings (SSSR count). The maximum atomic E-state index is 13.5. The third kappa shape index (κ3) is 5.70. The number of aromatic nitrogens is 2. The van der Waals surface area contributed by atoms with E-state index in [1.165, 1.54) is 6.07 Å². The average molecular weight is 505 g/mol. The summed E-state index contributed by atoms with van der Waals surface area (Å²) in [4.78, 5) is 7.81. The highest BCUT2D eigenvalue weighted by atomic mass is 35.5. The Morgan fingerprint density at radius 1 is 0.853 bits per heavy atom. The van der Waals surface area contributed by atoms with E-state index in [0.29, 0.717) is 10.7 Å². The summed E-state index contributed by atoms with van der Waals surface area (Å²) in [6, 6.07) is 18.7. The van der Waals surface area contributed by atoms with Crippen LogP contribution in [-0.2, 0) is 12.7 Å². The normalized spacial score (nSPS) is 11.3. The van der Waals surface area contributed by atoms with E-state index in [1.807, 2.05) is 12.1 Å². The van der Waals surface area contributed by atoms with Crippen LogP contribution in [0.5, 0.6) is 5.75 Å². The molecule has 4 aromatic rings. The number of hydrogen-bond donors (Lipinski definition) is 3. The van der Waals surface area contributed by atoms with Crippen LogP contribution in [0.25, 0.3) is 11.1 Å². The van der Waals surface area contributed by atoms with Crippen LogP contribution < -0.4 is 10.6 Å².